The van der Waals surface area contributed by atoms with Crippen LogP contribution in [0.25, 0.3) is 22.2 Å². The number of nitrogens with one attached hydrogen (secondary N) is 1. The summed E-state index contributed by atoms with van der Waals surface area (Å²) >= 11 is 0. The van der Waals surface area contributed by atoms with Crippen molar-refractivity contribution in [1.82, 2.24) is 13.8 Å². The summed E-state index contributed by atoms with van der Waals surface area (Å²) in [4.78, 5) is 38.7. The van der Waals surface area contributed by atoms with Crippen molar-refractivity contribution in [2.75, 3.05) is 19.6 Å². The molecule has 0 spiro atoms. The second kappa shape index (κ2) is 8.34. The van der Waals surface area contributed by atoms with E-state index in [-0.39, 0.29) is 0 Å². The highest BCUT2D eigenvalue weighted by molar-refractivity contribution is 6.02. The SMILES string of the molecule is COc1ccc(C(=O)Nn2cc3c(c2-c2ccc(C)cc2)c(=O)n(C)c(=O)n3C)cc1OC. The molecular weight excluding hydrogens is 424 g/mol. The Morgan fingerprint density at radius 3 is 2.21 bits per heavy atom. The molecule has 0 radical (unpaired) electrons. The van der Waals surface area contributed by atoms with Crippen molar-refractivity contribution in [1.29, 1.82) is 0 Å². The quantitative estimate of drug-likeness (QED) is 0.506. The van der Waals surface area contributed by atoms with Crippen LogP contribution >= 0.6 is 0 Å². The van der Waals surface area contributed by atoms with E-state index >= 15 is 0 Å². The number of carbonyl (C=O) groups excluding carboxylic acids is 1. The lowest BCUT2D eigenvalue weighted by atomic mass is 10.1. The molecule has 4 aromatic rings. The Morgan fingerprint density at radius 1 is 0.909 bits per heavy atom. The first-order valence-corrected chi connectivity index (χ1v) is 10.2. The highest BCUT2D eigenvalue weighted by Crippen LogP contribution is 2.29. The van der Waals surface area contributed by atoms with Gasteiger partial charge in [0.1, 0.15) is 0 Å². The molecule has 0 saturated heterocycles. The fourth-order valence-electron chi connectivity index (χ4n) is 3.78. The third-order valence-corrected chi connectivity index (χ3v) is 5.63. The number of benzene rings is 2. The fourth-order valence-corrected chi connectivity index (χ4v) is 3.78. The summed E-state index contributed by atoms with van der Waals surface area (Å²) in [6.45, 7) is 1.96. The number of ether oxygens (including phenoxy) is 2. The van der Waals surface area contributed by atoms with Gasteiger partial charge in [-0.05, 0) is 25.1 Å². The van der Waals surface area contributed by atoms with Gasteiger partial charge >= 0.3 is 5.69 Å². The highest BCUT2D eigenvalue weighted by atomic mass is 16.5. The van der Waals surface area contributed by atoms with Crippen LogP contribution in [0.3, 0.4) is 0 Å². The van der Waals surface area contributed by atoms with Crippen LogP contribution in [0.4, 0.5) is 0 Å². The van der Waals surface area contributed by atoms with Crippen LogP contribution in [0.2, 0.25) is 0 Å². The number of aromatic nitrogens is 3. The molecule has 2 aromatic heterocycles. The molecule has 0 saturated carbocycles. The predicted molar refractivity (Wildman–Crippen MR) is 126 cm³/mol. The van der Waals surface area contributed by atoms with E-state index < -0.39 is 17.2 Å². The number of methoxy groups -OCH3 is 2. The molecule has 9 nitrogen and oxygen atoms in total. The average Bonchev–Trinajstić information content (AvgIpc) is 3.20. The normalized spacial score (nSPS) is 10.9. The van der Waals surface area contributed by atoms with Gasteiger partial charge in [0, 0.05) is 25.2 Å². The third kappa shape index (κ3) is 3.67. The Balaban J connectivity index is 1.91. The molecule has 0 aliphatic carbocycles. The summed E-state index contributed by atoms with van der Waals surface area (Å²) in [5, 5.41) is 0.330. The van der Waals surface area contributed by atoms with Gasteiger partial charge in [0.15, 0.2) is 11.5 Å². The predicted octanol–water partition coefficient (Wildman–Crippen LogP) is 2.42. The second-order valence-corrected chi connectivity index (χ2v) is 7.69. The maximum Gasteiger partial charge on any atom is 0.330 e. The first-order chi connectivity index (χ1) is 15.8. The maximum absolute atomic E-state index is 13.1. The van der Waals surface area contributed by atoms with Crippen molar-refractivity contribution in [2.45, 2.75) is 6.92 Å². The van der Waals surface area contributed by atoms with E-state index in [1.165, 1.54) is 30.5 Å². The standard InChI is InChI=1S/C24H24N4O5/c1-14-6-8-15(9-7-14)21-20-17(26(2)24(31)27(3)23(20)30)13-28(21)25-22(29)16-10-11-18(32-4)19(12-16)33-5/h6-13H,1-5H3,(H,25,29). The van der Waals surface area contributed by atoms with Crippen LogP contribution in [0.15, 0.2) is 58.3 Å². The van der Waals surface area contributed by atoms with Gasteiger partial charge in [-0.3, -0.25) is 28.8 Å². The van der Waals surface area contributed by atoms with E-state index in [2.05, 4.69) is 5.43 Å². The topological polar surface area (TPSA) is 96.5 Å². The molecule has 0 aliphatic rings. The molecule has 33 heavy (non-hydrogen) atoms. The average molecular weight is 448 g/mol. The lowest BCUT2D eigenvalue weighted by molar-refractivity contribution is 0.101. The Bertz CT molecular complexity index is 1490. The smallest absolute Gasteiger partial charge is 0.330 e. The molecule has 9 heteroatoms. The first-order valence-electron chi connectivity index (χ1n) is 10.2. The minimum Gasteiger partial charge on any atom is -0.493 e. The molecule has 0 atom stereocenters. The van der Waals surface area contributed by atoms with E-state index in [9.17, 15) is 14.4 Å². The zero-order valence-corrected chi connectivity index (χ0v) is 19.0. The first kappa shape index (κ1) is 21.9. The Kier molecular flexibility index (Phi) is 5.55. The summed E-state index contributed by atoms with van der Waals surface area (Å²) < 4.78 is 14.4. The molecule has 0 fully saturated rings. The van der Waals surface area contributed by atoms with E-state index in [4.69, 9.17) is 9.47 Å². The van der Waals surface area contributed by atoms with Crippen LogP contribution in [0.1, 0.15) is 15.9 Å². The van der Waals surface area contributed by atoms with E-state index in [1.807, 2.05) is 31.2 Å². The van der Waals surface area contributed by atoms with Crippen LogP contribution in [0, 0.1) is 6.92 Å². The van der Waals surface area contributed by atoms with Gasteiger partial charge < -0.3 is 9.47 Å². The van der Waals surface area contributed by atoms with Gasteiger partial charge in [0.05, 0.1) is 37.0 Å². The van der Waals surface area contributed by atoms with Crippen molar-refractivity contribution < 1.29 is 14.3 Å². The summed E-state index contributed by atoms with van der Waals surface area (Å²) in [5.41, 5.74) is 4.93. The molecule has 1 N–H and O–H groups in total. The third-order valence-electron chi connectivity index (χ3n) is 5.63. The van der Waals surface area contributed by atoms with Crippen LogP contribution in [-0.2, 0) is 14.1 Å². The number of aryl methyl sites for hydroxylation is 2. The summed E-state index contributed by atoms with van der Waals surface area (Å²) in [7, 11) is 6.03. The summed E-state index contributed by atoms with van der Waals surface area (Å²) in [6, 6.07) is 12.4. The molecule has 170 valence electrons. The molecule has 0 bridgehead atoms. The molecule has 0 unspecified atom stereocenters. The van der Waals surface area contributed by atoms with Crippen molar-refractivity contribution in [2.24, 2.45) is 14.1 Å². The van der Waals surface area contributed by atoms with Gasteiger partial charge in [-0.1, -0.05) is 29.8 Å². The Hall–Kier alpha value is -4.27. The number of fused-ring (bicyclic) bond motifs is 1. The monoisotopic (exact) mass is 448 g/mol. The molecular formula is C24H24N4O5. The fraction of sp³-hybridized carbons (Fsp3) is 0.208. The van der Waals surface area contributed by atoms with Crippen molar-refractivity contribution >= 4 is 16.8 Å². The van der Waals surface area contributed by atoms with E-state index in [0.29, 0.717) is 33.7 Å². The lowest BCUT2D eigenvalue weighted by Gasteiger charge is -2.13. The van der Waals surface area contributed by atoms with Crippen LogP contribution in [0.5, 0.6) is 11.5 Å². The van der Waals surface area contributed by atoms with Crippen molar-refractivity contribution in [3.63, 3.8) is 0 Å². The Labute approximate surface area is 189 Å². The number of carbonyl (C=O) groups is 1. The highest BCUT2D eigenvalue weighted by Gasteiger charge is 2.21. The van der Waals surface area contributed by atoms with E-state index in [0.717, 1.165) is 15.7 Å². The lowest BCUT2D eigenvalue weighted by Crippen LogP contribution is -2.36. The Morgan fingerprint density at radius 2 is 1.58 bits per heavy atom. The minimum absolute atomic E-state index is 0.330. The molecule has 4 rings (SSSR count). The van der Waals surface area contributed by atoms with Crippen LogP contribution in [-0.4, -0.2) is 33.9 Å². The van der Waals surface area contributed by atoms with Gasteiger partial charge in [-0.2, -0.15) is 0 Å². The second-order valence-electron chi connectivity index (χ2n) is 7.69. The van der Waals surface area contributed by atoms with Gasteiger partial charge in [0.25, 0.3) is 11.5 Å². The summed E-state index contributed by atoms with van der Waals surface area (Å²) in [6.07, 6.45) is 1.58. The van der Waals surface area contributed by atoms with Crippen molar-refractivity contribution in [3.05, 3.63) is 80.6 Å². The molecule has 2 heterocycles. The molecule has 1 amide bonds. The number of hydrogen-bond donors (Lipinski definition) is 1. The van der Waals surface area contributed by atoms with Crippen molar-refractivity contribution in [3.8, 4) is 22.8 Å². The van der Waals surface area contributed by atoms with Gasteiger partial charge in [-0.15, -0.1) is 0 Å². The van der Waals surface area contributed by atoms with Crippen LogP contribution < -0.4 is 26.1 Å². The number of rotatable bonds is 5. The number of hydrogen-bond acceptors (Lipinski definition) is 5. The van der Waals surface area contributed by atoms with E-state index in [1.54, 1.807) is 31.4 Å². The zero-order valence-electron chi connectivity index (χ0n) is 19.0. The largest absolute Gasteiger partial charge is 0.493 e. The maximum atomic E-state index is 13.1. The zero-order chi connectivity index (χ0) is 23.9. The number of nitrogens with zero attached hydrogens (tertiary/aromatic N) is 3. The summed E-state index contributed by atoms with van der Waals surface area (Å²) in [5.74, 6) is 0.490. The molecule has 2 aromatic carbocycles. The number of amides is 1. The molecule has 0 aliphatic heterocycles. The van der Waals surface area contributed by atoms with Gasteiger partial charge in [-0.25, -0.2) is 4.79 Å². The van der Waals surface area contributed by atoms with Gasteiger partial charge in [0.2, 0.25) is 0 Å². The minimum atomic E-state index is -0.452.